The van der Waals surface area contributed by atoms with Gasteiger partial charge in [-0.1, -0.05) is 29.3 Å². The van der Waals surface area contributed by atoms with Crippen molar-refractivity contribution in [1.29, 1.82) is 0 Å². The molecule has 7 heteroatoms. The van der Waals surface area contributed by atoms with Gasteiger partial charge in [-0.3, -0.25) is 4.79 Å². The largest absolute Gasteiger partial charge is 0.457 e. The number of ketones is 1. The molecule has 3 aromatic rings. The molecule has 0 bridgehead atoms. The summed E-state index contributed by atoms with van der Waals surface area (Å²) in [4.78, 5) is 14.4. The van der Waals surface area contributed by atoms with Crippen molar-refractivity contribution in [3.05, 3.63) is 81.8 Å². The molecule has 0 N–H and O–H groups in total. The van der Waals surface area contributed by atoms with E-state index >= 15 is 0 Å². The molecule has 1 fully saturated rings. The van der Waals surface area contributed by atoms with Crippen LogP contribution in [0, 0.1) is 5.82 Å². The first-order valence-electron chi connectivity index (χ1n) is 9.42. The van der Waals surface area contributed by atoms with Gasteiger partial charge in [0.1, 0.15) is 17.3 Å². The van der Waals surface area contributed by atoms with Crippen molar-refractivity contribution < 1.29 is 18.3 Å². The number of carbonyl (C=O) groups is 1. The number of rotatable bonds is 5. The molecular weight excluding hydrogens is 428 g/mol. The van der Waals surface area contributed by atoms with Crippen molar-refractivity contribution in [1.82, 2.24) is 0 Å². The fourth-order valence-corrected chi connectivity index (χ4v) is 3.65. The highest BCUT2D eigenvalue weighted by atomic mass is 35.5. The van der Waals surface area contributed by atoms with E-state index in [1.54, 1.807) is 42.5 Å². The van der Waals surface area contributed by atoms with E-state index in [0.717, 1.165) is 0 Å². The highest BCUT2D eigenvalue weighted by molar-refractivity contribution is 6.43. The quantitative estimate of drug-likeness (QED) is 0.350. The smallest absolute Gasteiger partial charge is 0.186 e. The van der Waals surface area contributed by atoms with Gasteiger partial charge in [-0.2, -0.15) is 0 Å². The van der Waals surface area contributed by atoms with E-state index in [-0.39, 0.29) is 11.3 Å². The summed E-state index contributed by atoms with van der Waals surface area (Å²) in [5.41, 5.74) is 1.41. The third-order valence-corrected chi connectivity index (χ3v) is 5.65. The number of ether oxygens (including phenoxy) is 1. The maximum absolute atomic E-state index is 14.5. The Morgan fingerprint density at radius 2 is 1.87 bits per heavy atom. The lowest BCUT2D eigenvalue weighted by Gasteiger charge is -2.29. The Balaban J connectivity index is 1.48. The lowest BCUT2D eigenvalue weighted by atomic mass is 10.1. The second-order valence-electron chi connectivity index (χ2n) is 6.77. The van der Waals surface area contributed by atoms with Crippen LogP contribution in [0.2, 0.25) is 10.0 Å². The monoisotopic (exact) mass is 445 g/mol. The molecule has 4 rings (SSSR count). The summed E-state index contributed by atoms with van der Waals surface area (Å²) in [5.74, 6) is 0.267. The van der Waals surface area contributed by atoms with Gasteiger partial charge in [-0.25, -0.2) is 4.39 Å². The van der Waals surface area contributed by atoms with Gasteiger partial charge >= 0.3 is 0 Å². The van der Waals surface area contributed by atoms with Crippen molar-refractivity contribution in [2.75, 3.05) is 31.2 Å². The van der Waals surface area contributed by atoms with Gasteiger partial charge in [-0.15, -0.1) is 0 Å². The van der Waals surface area contributed by atoms with Gasteiger partial charge in [0.25, 0.3) is 0 Å². The number of carbonyl (C=O) groups excluding carboxylic acids is 1. The Bertz CT molecular complexity index is 1100. The van der Waals surface area contributed by atoms with Crippen molar-refractivity contribution in [3.8, 4) is 11.3 Å². The van der Waals surface area contributed by atoms with Crippen LogP contribution in [0.15, 0.2) is 59.0 Å². The third-order valence-electron chi connectivity index (χ3n) is 4.83. The lowest BCUT2D eigenvalue weighted by molar-refractivity contribution is 0.104. The number of hydrogen-bond donors (Lipinski definition) is 0. The number of halogens is 3. The Morgan fingerprint density at radius 3 is 2.63 bits per heavy atom. The molecule has 1 aliphatic rings. The molecule has 154 valence electrons. The van der Waals surface area contributed by atoms with Crippen LogP contribution in [-0.4, -0.2) is 32.1 Å². The zero-order chi connectivity index (χ0) is 21.1. The molecule has 1 aliphatic heterocycles. The second kappa shape index (κ2) is 9.04. The van der Waals surface area contributed by atoms with Gasteiger partial charge in [0.2, 0.25) is 0 Å². The van der Waals surface area contributed by atoms with E-state index in [4.69, 9.17) is 32.4 Å². The summed E-state index contributed by atoms with van der Waals surface area (Å²) in [5, 5.41) is 0.830. The van der Waals surface area contributed by atoms with E-state index in [1.807, 2.05) is 4.90 Å². The Labute approximate surface area is 183 Å². The molecule has 1 aromatic heterocycles. The minimum atomic E-state index is -0.424. The average molecular weight is 446 g/mol. The molecule has 0 spiro atoms. The third kappa shape index (κ3) is 4.43. The maximum atomic E-state index is 14.5. The predicted octanol–water partition coefficient (Wildman–Crippen LogP) is 6.13. The summed E-state index contributed by atoms with van der Waals surface area (Å²) in [6.07, 6.45) is 2.89. The zero-order valence-corrected chi connectivity index (χ0v) is 17.4. The highest BCUT2D eigenvalue weighted by Crippen LogP contribution is 2.34. The Hall–Kier alpha value is -2.60. The van der Waals surface area contributed by atoms with E-state index in [0.29, 0.717) is 59.1 Å². The van der Waals surface area contributed by atoms with E-state index in [2.05, 4.69) is 0 Å². The fraction of sp³-hybridized carbons (Fsp3) is 0.174. The summed E-state index contributed by atoms with van der Waals surface area (Å²) >= 11 is 12.3. The molecule has 0 aliphatic carbocycles. The van der Waals surface area contributed by atoms with Crippen LogP contribution in [0.4, 0.5) is 10.1 Å². The number of morpholine rings is 1. The first kappa shape index (κ1) is 20.7. The number of allylic oxidation sites excluding steroid dienone is 1. The summed E-state index contributed by atoms with van der Waals surface area (Å²) in [6, 6.07) is 13.3. The fourth-order valence-electron chi connectivity index (χ4n) is 3.26. The minimum absolute atomic E-state index is 0.269. The van der Waals surface area contributed by atoms with E-state index in [1.165, 1.54) is 18.2 Å². The number of hydrogen-bond acceptors (Lipinski definition) is 4. The number of anilines is 1. The molecule has 0 unspecified atom stereocenters. The topological polar surface area (TPSA) is 42.7 Å². The minimum Gasteiger partial charge on any atom is -0.457 e. The maximum Gasteiger partial charge on any atom is 0.186 e. The zero-order valence-electron chi connectivity index (χ0n) is 15.9. The molecule has 2 aromatic carbocycles. The van der Waals surface area contributed by atoms with Gasteiger partial charge < -0.3 is 14.1 Å². The second-order valence-corrected chi connectivity index (χ2v) is 7.55. The van der Waals surface area contributed by atoms with Gasteiger partial charge in [0.15, 0.2) is 5.78 Å². The molecule has 0 saturated carbocycles. The standard InChI is InChI=1S/C23H18Cl2FNO3/c24-18-3-1-2-17(23(18)25)22-9-6-16(30-22)5-8-21(28)15-4-7-20(19(26)14-15)27-10-12-29-13-11-27/h1-9,14H,10-13H2/b8-5+. The van der Waals surface area contributed by atoms with Crippen molar-refractivity contribution in [3.63, 3.8) is 0 Å². The van der Waals surface area contributed by atoms with Crippen LogP contribution in [0.5, 0.6) is 0 Å². The summed E-state index contributed by atoms with van der Waals surface area (Å²) in [7, 11) is 0. The molecule has 0 atom stereocenters. The first-order valence-corrected chi connectivity index (χ1v) is 10.2. The van der Waals surface area contributed by atoms with Crippen LogP contribution in [-0.2, 0) is 4.74 Å². The molecule has 2 heterocycles. The highest BCUT2D eigenvalue weighted by Gasteiger charge is 2.16. The Kier molecular flexibility index (Phi) is 6.23. The molecule has 0 radical (unpaired) electrons. The molecule has 30 heavy (non-hydrogen) atoms. The average Bonchev–Trinajstić information content (AvgIpc) is 3.23. The van der Waals surface area contributed by atoms with Crippen LogP contribution in [0.3, 0.4) is 0 Å². The van der Waals surface area contributed by atoms with E-state index in [9.17, 15) is 9.18 Å². The lowest BCUT2D eigenvalue weighted by Crippen LogP contribution is -2.36. The van der Waals surface area contributed by atoms with Crippen LogP contribution < -0.4 is 4.90 Å². The number of benzene rings is 2. The predicted molar refractivity (Wildman–Crippen MR) is 117 cm³/mol. The summed E-state index contributed by atoms with van der Waals surface area (Å²) in [6.45, 7) is 2.38. The van der Waals surface area contributed by atoms with Crippen LogP contribution in [0.1, 0.15) is 16.1 Å². The normalized spacial score (nSPS) is 14.4. The van der Waals surface area contributed by atoms with Crippen molar-refractivity contribution in [2.45, 2.75) is 0 Å². The van der Waals surface area contributed by atoms with Gasteiger partial charge in [-0.05, 0) is 54.6 Å². The number of nitrogens with zero attached hydrogens (tertiary/aromatic N) is 1. The van der Waals surface area contributed by atoms with Gasteiger partial charge in [0.05, 0.1) is 28.9 Å². The van der Waals surface area contributed by atoms with Crippen LogP contribution in [0.25, 0.3) is 17.4 Å². The van der Waals surface area contributed by atoms with Crippen LogP contribution >= 0.6 is 23.2 Å². The van der Waals surface area contributed by atoms with Gasteiger partial charge in [0, 0.05) is 24.2 Å². The summed E-state index contributed by atoms with van der Waals surface area (Å²) < 4.78 is 25.5. The number of furan rings is 1. The SMILES string of the molecule is O=C(/C=C/c1ccc(-c2cccc(Cl)c2Cl)o1)c1ccc(N2CCOCC2)c(F)c1. The molecule has 1 saturated heterocycles. The molecule has 0 amide bonds. The van der Waals surface area contributed by atoms with E-state index < -0.39 is 5.82 Å². The van der Waals surface area contributed by atoms with Crippen molar-refractivity contribution >= 4 is 40.7 Å². The molecule has 4 nitrogen and oxygen atoms in total. The molecular formula is C23H18Cl2FNO3. The van der Waals surface area contributed by atoms with Crippen molar-refractivity contribution in [2.24, 2.45) is 0 Å². The first-order chi connectivity index (χ1) is 14.5. The Morgan fingerprint density at radius 1 is 1.07 bits per heavy atom.